The van der Waals surface area contributed by atoms with Crippen molar-refractivity contribution in [2.45, 2.75) is 39.1 Å². The number of hydrogen-bond acceptors (Lipinski definition) is 2. The van der Waals surface area contributed by atoms with Crippen molar-refractivity contribution >= 4 is 0 Å². The lowest BCUT2D eigenvalue weighted by Gasteiger charge is -2.14. The van der Waals surface area contributed by atoms with Gasteiger partial charge < -0.3 is 9.84 Å². The Kier molecular flexibility index (Phi) is 2.08. The summed E-state index contributed by atoms with van der Waals surface area (Å²) in [4.78, 5) is 0. The van der Waals surface area contributed by atoms with Gasteiger partial charge in [-0.1, -0.05) is 26.8 Å². The normalized spacial score (nSPS) is 33.1. The first kappa shape index (κ1) is 8.75. The molecule has 1 heterocycles. The standard InChI is InChI=1S/C9H16O2/c1-5-6(10)7-8(11-7)9(2,3)4/h5-8,10H,1H2,2-4H3/t6-,7-,8+/m0/s1. The van der Waals surface area contributed by atoms with Crippen LogP contribution < -0.4 is 0 Å². The molecule has 64 valence electrons. The van der Waals surface area contributed by atoms with Crippen molar-refractivity contribution in [3.63, 3.8) is 0 Å². The molecule has 0 bridgehead atoms. The van der Waals surface area contributed by atoms with Crippen LogP contribution >= 0.6 is 0 Å². The molecule has 0 radical (unpaired) electrons. The largest absolute Gasteiger partial charge is 0.386 e. The number of hydrogen-bond donors (Lipinski definition) is 1. The Morgan fingerprint density at radius 3 is 2.36 bits per heavy atom. The van der Waals surface area contributed by atoms with E-state index in [2.05, 4.69) is 27.4 Å². The first-order valence-electron chi connectivity index (χ1n) is 3.93. The zero-order valence-corrected chi connectivity index (χ0v) is 7.37. The van der Waals surface area contributed by atoms with Crippen molar-refractivity contribution in [3.8, 4) is 0 Å². The molecule has 1 N–H and O–H groups in total. The van der Waals surface area contributed by atoms with Crippen molar-refractivity contribution in [1.29, 1.82) is 0 Å². The zero-order valence-electron chi connectivity index (χ0n) is 7.37. The fourth-order valence-electron chi connectivity index (χ4n) is 1.21. The molecule has 0 spiro atoms. The van der Waals surface area contributed by atoms with Gasteiger partial charge in [0.25, 0.3) is 0 Å². The molecule has 0 aromatic rings. The second-order valence-corrected chi connectivity index (χ2v) is 4.11. The summed E-state index contributed by atoms with van der Waals surface area (Å²) < 4.78 is 5.31. The third-order valence-electron chi connectivity index (χ3n) is 1.96. The molecular weight excluding hydrogens is 140 g/mol. The average molecular weight is 156 g/mol. The third-order valence-corrected chi connectivity index (χ3v) is 1.96. The number of ether oxygens (including phenoxy) is 1. The highest BCUT2D eigenvalue weighted by atomic mass is 16.6. The van der Waals surface area contributed by atoms with Crippen LogP contribution in [0.25, 0.3) is 0 Å². The van der Waals surface area contributed by atoms with Crippen LogP contribution in [0.1, 0.15) is 20.8 Å². The molecule has 3 atom stereocenters. The molecule has 0 unspecified atom stereocenters. The van der Waals surface area contributed by atoms with E-state index in [9.17, 15) is 5.11 Å². The molecule has 0 aromatic carbocycles. The van der Waals surface area contributed by atoms with Gasteiger partial charge in [-0.3, -0.25) is 0 Å². The van der Waals surface area contributed by atoms with Crippen molar-refractivity contribution < 1.29 is 9.84 Å². The molecule has 0 aliphatic carbocycles. The Morgan fingerprint density at radius 1 is 1.55 bits per heavy atom. The van der Waals surface area contributed by atoms with E-state index in [0.29, 0.717) is 0 Å². The minimum atomic E-state index is -0.501. The molecule has 0 amide bonds. The zero-order chi connectivity index (χ0) is 8.65. The molecule has 0 aromatic heterocycles. The smallest absolute Gasteiger partial charge is 0.114 e. The van der Waals surface area contributed by atoms with Crippen molar-refractivity contribution in [3.05, 3.63) is 12.7 Å². The van der Waals surface area contributed by atoms with Crippen LogP contribution in [0.4, 0.5) is 0 Å². The minimum absolute atomic E-state index is 0.0208. The predicted molar refractivity (Wildman–Crippen MR) is 44.3 cm³/mol. The Morgan fingerprint density at radius 2 is 2.09 bits per heavy atom. The number of rotatable bonds is 2. The predicted octanol–water partition coefficient (Wildman–Crippen LogP) is 1.35. The molecule has 1 rings (SSSR count). The SMILES string of the molecule is C=C[C@H](O)[C@@H]1O[C@H]1C(C)(C)C. The van der Waals surface area contributed by atoms with Crippen molar-refractivity contribution in [1.82, 2.24) is 0 Å². The summed E-state index contributed by atoms with van der Waals surface area (Å²) in [6.45, 7) is 9.82. The Labute approximate surface area is 67.9 Å². The molecular formula is C9H16O2. The molecule has 1 saturated heterocycles. The van der Waals surface area contributed by atoms with Gasteiger partial charge in [0.2, 0.25) is 0 Å². The molecule has 1 aliphatic heterocycles. The maximum Gasteiger partial charge on any atom is 0.114 e. The summed E-state index contributed by atoms with van der Waals surface area (Å²) in [5.41, 5.74) is 0.134. The lowest BCUT2D eigenvalue weighted by Crippen LogP contribution is -2.22. The van der Waals surface area contributed by atoms with Crippen LogP contribution in [0, 0.1) is 5.41 Å². The second-order valence-electron chi connectivity index (χ2n) is 4.11. The van der Waals surface area contributed by atoms with Crippen LogP contribution in [0.2, 0.25) is 0 Å². The monoisotopic (exact) mass is 156 g/mol. The molecule has 1 fully saturated rings. The fraction of sp³-hybridized carbons (Fsp3) is 0.778. The minimum Gasteiger partial charge on any atom is -0.386 e. The van der Waals surface area contributed by atoms with Crippen LogP contribution in [-0.4, -0.2) is 23.4 Å². The summed E-state index contributed by atoms with van der Waals surface area (Å²) in [6, 6.07) is 0. The van der Waals surface area contributed by atoms with E-state index in [1.165, 1.54) is 6.08 Å². The van der Waals surface area contributed by atoms with E-state index in [0.717, 1.165) is 0 Å². The van der Waals surface area contributed by atoms with Gasteiger partial charge in [0.15, 0.2) is 0 Å². The van der Waals surface area contributed by atoms with Gasteiger partial charge in [0, 0.05) is 0 Å². The van der Waals surface area contributed by atoms with E-state index in [4.69, 9.17) is 4.74 Å². The number of epoxide rings is 1. The highest BCUT2D eigenvalue weighted by Gasteiger charge is 2.50. The van der Waals surface area contributed by atoms with Gasteiger partial charge in [0.05, 0.1) is 6.10 Å². The van der Waals surface area contributed by atoms with Crippen molar-refractivity contribution in [2.24, 2.45) is 5.41 Å². The number of aliphatic hydroxyl groups is 1. The van der Waals surface area contributed by atoms with Crippen LogP contribution in [-0.2, 0) is 4.74 Å². The highest BCUT2D eigenvalue weighted by Crippen LogP contribution is 2.39. The van der Waals surface area contributed by atoms with E-state index >= 15 is 0 Å². The van der Waals surface area contributed by atoms with E-state index in [-0.39, 0.29) is 17.6 Å². The fourth-order valence-corrected chi connectivity index (χ4v) is 1.21. The van der Waals surface area contributed by atoms with Gasteiger partial charge in [-0.15, -0.1) is 6.58 Å². The molecule has 0 saturated carbocycles. The summed E-state index contributed by atoms with van der Waals surface area (Å²) >= 11 is 0. The number of aliphatic hydroxyl groups excluding tert-OH is 1. The quantitative estimate of drug-likeness (QED) is 0.483. The van der Waals surface area contributed by atoms with Gasteiger partial charge in [-0.05, 0) is 5.41 Å². The van der Waals surface area contributed by atoms with E-state index in [1.807, 2.05) is 0 Å². The maximum absolute atomic E-state index is 9.29. The second kappa shape index (κ2) is 2.61. The summed E-state index contributed by atoms with van der Waals surface area (Å²) in [5.74, 6) is 0. The lowest BCUT2D eigenvalue weighted by atomic mass is 9.89. The van der Waals surface area contributed by atoms with Gasteiger partial charge in [-0.25, -0.2) is 0 Å². The molecule has 1 aliphatic rings. The van der Waals surface area contributed by atoms with Gasteiger partial charge >= 0.3 is 0 Å². The molecule has 2 nitrogen and oxygen atoms in total. The van der Waals surface area contributed by atoms with Crippen LogP contribution in [0.5, 0.6) is 0 Å². The highest BCUT2D eigenvalue weighted by molar-refractivity contribution is 5.02. The maximum atomic E-state index is 9.29. The summed E-state index contributed by atoms with van der Waals surface area (Å²) in [7, 11) is 0. The molecule has 2 heteroatoms. The van der Waals surface area contributed by atoms with Crippen LogP contribution in [0.3, 0.4) is 0 Å². The van der Waals surface area contributed by atoms with Crippen molar-refractivity contribution in [2.75, 3.05) is 0 Å². The Hall–Kier alpha value is -0.340. The van der Waals surface area contributed by atoms with Gasteiger partial charge in [0.1, 0.15) is 12.2 Å². The lowest BCUT2D eigenvalue weighted by molar-refractivity contribution is 0.176. The Bertz CT molecular complexity index is 157. The topological polar surface area (TPSA) is 32.8 Å². The van der Waals surface area contributed by atoms with E-state index < -0.39 is 6.10 Å². The summed E-state index contributed by atoms with van der Waals surface area (Å²) in [6.07, 6.45) is 1.19. The van der Waals surface area contributed by atoms with Crippen LogP contribution in [0.15, 0.2) is 12.7 Å². The Balaban J connectivity index is 2.43. The first-order chi connectivity index (χ1) is 4.96. The summed E-state index contributed by atoms with van der Waals surface area (Å²) in [5, 5.41) is 9.29. The van der Waals surface area contributed by atoms with Gasteiger partial charge in [-0.2, -0.15) is 0 Å². The average Bonchev–Trinajstić information content (AvgIpc) is 2.62. The third kappa shape index (κ3) is 1.82. The molecule has 11 heavy (non-hydrogen) atoms. The van der Waals surface area contributed by atoms with E-state index in [1.54, 1.807) is 0 Å². The first-order valence-corrected chi connectivity index (χ1v) is 3.93.